The average Bonchev–Trinajstić information content (AvgIpc) is 3.44. The summed E-state index contributed by atoms with van der Waals surface area (Å²) in [5, 5.41) is 5.63. The Kier molecular flexibility index (Phi) is 14.7. The van der Waals surface area contributed by atoms with Gasteiger partial charge in [-0.3, -0.25) is 0 Å². The van der Waals surface area contributed by atoms with Crippen LogP contribution < -0.4 is 10.9 Å². The molecule has 0 bridgehead atoms. The van der Waals surface area contributed by atoms with Crippen LogP contribution in [0.2, 0.25) is 18.1 Å². The van der Waals surface area contributed by atoms with Crippen LogP contribution in [0.25, 0.3) is 0 Å². The first-order valence-electron chi connectivity index (χ1n) is 13.5. The fourth-order valence-electron chi connectivity index (χ4n) is 3.63. The minimum Gasteiger partial charge on any atom is -0.444 e. The number of rotatable bonds is 15. The zero-order chi connectivity index (χ0) is 27.4. The van der Waals surface area contributed by atoms with Crippen molar-refractivity contribution in [3.63, 3.8) is 0 Å². The molecule has 210 valence electrons. The number of nitrogens with two attached hydrogens (primary N) is 2. The minimum absolute atomic E-state index is 0.310. The van der Waals surface area contributed by atoms with Gasteiger partial charge in [-0.1, -0.05) is 78.6 Å². The van der Waals surface area contributed by atoms with Gasteiger partial charge in [0.15, 0.2) is 8.32 Å². The molecule has 1 rings (SSSR count). The normalized spacial score (nSPS) is 15.8. The van der Waals surface area contributed by atoms with Gasteiger partial charge in [0.2, 0.25) is 10.0 Å². The molecule has 1 aliphatic carbocycles. The Balaban J connectivity index is 0.00000124. The largest absolute Gasteiger partial charge is 0.444 e. The molecule has 0 saturated heterocycles. The molecule has 0 heterocycles. The van der Waals surface area contributed by atoms with Gasteiger partial charge in [-0.25, -0.2) is 18.4 Å². The predicted molar refractivity (Wildman–Crippen MR) is 149 cm³/mol. The lowest BCUT2D eigenvalue weighted by molar-refractivity contribution is 0.0600. The summed E-state index contributed by atoms with van der Waals surface area (Å²) in [4.78, 5) is 10.0. The first kappa shape index (κ1) is 34.4. The molecule has 1 saturated carbocycles. The summed E-state index contributed by atoms with van der Waals surface area (Å²) in [5.41, 5.74) is 4.26. The van der Waals surface area contributed by atoms with E-state index in [0.29, 0.717) is 5.04 Å². The van der Waals surface area contributed by atoms with E-state index >= 15 is 0 Å². The van der Waals surface area contributed by atoms with E-state index < -0.39 is 34.8 Å². The smallest absolute Gasteiger partial charge is 0.405 e. The van der Waals surface area contributed by atoms with E-state index in [1.807, 2.05) is 0 Å². The molecule has 35 heavy (non-hydrogen) atoms. The monoisotopic (exact) mass is 536 g/mol. The lowest BCUT2D eigenvalue weighted by atomic mass is 10.0. The van der Waals surface area contributed by atoms with E-state index in [1.54, 1.807) is 20.8 Å². The molecule has 1 aliphatic rings. The average molecular weight is 537 g/mol. The highest BCUT2D eigenvalue weighted by Crippen LogP contribution is 2.46. The standard InChI is InChI=1S/C21H45NO3SSi.C5H11NO2/c1-20(2,3)27(4,5)25-19-15-13-11-9-7-6-8-10-12-14-16-21(17-18-21)26(22,23)24;1-5(2,3)8-4(6)7/h6-19H2,1-5H3,(H2,22,23,24);1-3H3,(H2,6,7). The second-order valence-corrected chi connectivity index (χ2v) is 19.4. The third-order valence-corrected chi connectivity index (χ3v) is 13.5. The molecule has 0 aromatic carbocycles. The topological polar surface area (TPSA) is 122 Å². The lowest BCUT2D eigenvalue weighted by Gasteiger charge is -2.36. The molecule has 1 fully saturated rings. The summed E-state index contributed by atoms with van der Waals surface area (Å²) in [7, 11) is -4.89. The highest BCUT2D eigenvalue weighted by molar-refractivity contribution is 7.90. The molecule has 1 amide bonds. The first-order valence-corrected chi connectivity index (χ1v) is 17.9. The van der Waals surface area contributed by atoms with Crippen molar-refractivity contribution in [3.8, 4) is 0 Å². The van der Waals surface area contributed by atoms with Gasteiger partial charge in [-0.15, -0.1) is 0 Å². The Bertz CT molecular complexity index is 708. The Morgan fingerprint density at radius 1 is 0.829 bits per heavy atom. The third kappa shape index (κ3) is 15.9. The van der Waals surface area contributed by atoms with Crippen LogP contribution >= 0.6 is 0 Å². The van der Waals surface area contributed by atoms with Crippen LogP contribution in [0.5, 0.6) is 0 Å². The number of carbonyl (C=O) groups excluding carboxylic acids is 1. The summed E-state index contributed by atoms with van der Waals surface area (Å²) in [6.07, 6.45) is 14.0. The Morgan fingerprint density at radius 2 is 1.23 bits per heavy atom. The van der Waals surface area contributed by atoms with Crippen molar-refractivity contribution in [2.24, 2.45) is 10.9 Å². The van der Waals surface area contributed by atoms with Gasteiger partial charge in [0.05, 0.1) is 4.75 Å². The van der Waals surface area contributed by atoms with Gasteiger partial charge in [0.1, 0.15) is 5.60 Å². The van der Waals surface area contributed by atoms with E-state index in [1.165, 1.54) is 51.4 Å². The van der Waals surface area contributed by atoms with E-state index in [-0.39, 0.29) is 0 Å². The zero-order valence-corrected chi connectivity index (χ0v) is 25.8. The zero-order valence-electron chi connectivity index (χ0n) is 24.0. The van der Waals surface area contributed by atoms with Crippen LogP contribution in [-0.2, 0) is 19.2 Å². The van der Waals surface area contributed by atoms with Crippen molar-refractivity contribution >= 4 is 24.4 Å². The molecular formula is C26H56N2O5SSi. The fraction of sp³-hybridized carbons (Fsp3) is 0.962. The van der Waals surface area contributed by atoms with Gasteiger partial charge in [0.25, 0.3) is 0 Å². The van der Waals surface area contributed by atoms with Crippen molar-refractivity contribution < 1.29 is 22.4 Å². The van der Waals surface area contributed by atoms with Crippen LogP contribution in [0.4, 0.5) is 4.79 Å². The summed E-state index contributed by atoms with van der Waals surface area (Å²) in [6, 6.07) is 0. The molecule has 0 aromatic heterocycles. The van der Waals surface area contributed by atoms with Gasteiger partial charge in [-0.2, -0.15) is 0 Å². The van der Waals surface area contributed by atoms with Crippen molar-refractivity contribution in [1.82, 2.24) is 0 Å². The highest BCUT2D eigenvalue weighted by Gasteiger charge is 2.51. The Hall–Kier alpha value is -0.643. The quantitative estimate of drug-likeness (QED) is 0.172. The van der Waals surface area contributed by atoms with Crippen molar-refractivity contribution in [3.05, 3.63) is 0 Å². The number of carbonyl (C=O) groups is 1. The number of amides is 1. The number of hydrogen-bond donors (Lipinski definition) is 2. The van der Waals surface area contributed by atoms with Crippen LogP contribution in [0, 0.1) is 0 Å². The maximum absolute atomic E-state index is 11.5. The number of sulfonamides is 1. The third-order valence-electron chi connectivity index (χ3n) is 7.11. The SMILES string of the molecule is CC(C)(C)OC(N)=O.CC(C)(C)[Si](C)(C)OCCCCCCCCCCCCC1(S(N)(=O)=O)CC1. The van der Waals surface area contributed by atoms with E-state index in [0.717, 1.165) is 38.7 Å². The highest BCUT2D eigenvalue weighted by atomic mass is 32.2. The van der Waals surface area contributed by atoms with Crippen LogP contribution in [0.1, 0.15) is 125 Å². The van der Waals surface area contributed by atoms with Gasteiger partial charge < -0.3 is 14.9 Å². The molecule has 0 unspecified atom stereocenters. The second-order valence-electron chi connectivity index (χ2n) is 12.7. The number of primary amides is 1. The maximum Gasteiger partial charge on any atom is 0.405 e. The van der Waals surface area contributed by atoms with Crippen molar-refractivity contribution in [1.29, 1.82) is 0 Å². The van der Waals surface area contributed by atoms with E-state index in [9.17, 15) is 13.2 Å². The Morgan fingerprint density at radius 3 is 1.51 bits per heavy atom. The molecule has 9 heteroatoms. The first-order chi connectivity index (χ1) is 15.8. The summed E-state index contributed by atoms with van der Waals surface area (Å²) >= 11 is 0. The summed E-state index contributed by atoms with van der Waals surface area (Å²) in [5.74, 6) is 0. The Labute approximate surface area is 217 Å². The van der Waals surface area contributed by atoms with E-state index in [4.69, 9.17) is 15.3 Å². The fourth-order valence-corrected chi connectivity index (χ4v) is 5.81. The molecule has 7 nitrogen and oxygen atoms in total. The van der Waals surface area contributed by atoms with Crippen LogP contribution in [0.15, 0.2) is 0 Å². The summed E-state index contributed by atoms with van der Waals surface area (Å²) < 4.78 is 33.3. The molecule has 0 aliphatic heterocycles. The van der Waals surface area contributed by atoms with Crippen LogP contribution in [0.3, 0.4) is 0 Å². The maximum atomic E-state index is 11.5. The predicted octanol–water partition coefficient (Wildman–Crippen LogP) is 7.00. The lowest BCUT2D eigenvalue weighted by Crippen LogP contribution is -2.40. The van der Waals surface area contributed by atoms with Gasteiger partial charge >= 0.3 is 6.09 Å². The molecule has 0 aromatic rings. The number of unbranched alkanes of at least 4 members (excludes halogenated alkanes) is 9. The molecule has 0 atom stereocenters. The number of primary sulfonamides is 1. The van der Waals surface area contributed by atoms with E-state index in [2.05, 4.69) is 38.6 Å². The summed E-state index contributed by atoms with van der Waals surface area (Å²) in [6.45, 7) is 17.7. The molecule has 4 N–H and O–H groups in total. The van der Waals surface area contributed by atoms with Crippen molar-refractivity contribution in [2.75, 3.05) is 6.61 Å². The molecule has 0 spiro atoms. The van der Waals surface area contributed by atoms with Crippen molar-refractivity contribution in [2.45, 2.75) is 153 Å². The molecule has 0 radical (unpaired) electrons. The minimum atomic E-state index is -3.33. The van der Waals surface area contributed by atoms with Crippen LogP contribution in [-0.4, -0.2) is 39.8 Å². The number of hydrogen-bond acceptors (Lipinski definition) is 5. The van der Waals surface area contributed by atoms with Gasteiger partial charge in [0, 0.05) is 6.61 Å². The molecular weight excluding hydrogens is 480 g/mol. The second kappa shape index (κ2) is 14.9. The number of ether oxygens (including phenoxy) is 1. The van der Waals surface area contributed by atoms with Gasteiger partial charge in [-0.05, 0) is 64.6 Å².